The monoisotopic (exact) mass is 287 g/mol. The number of rotatable bonds is 7. The van der Waals surface area contributed by atoms with Crippen LogP contribution in [0, 0.1) is 0 Å². The molecule has 1 unspecified atom stereocenters. The zero-order valence-electron chi connectivity index (χ0n) is 12.4. The summed E-state index contributed by atoms with van der Waals surface area (Å²) in [5, 5.41) is 13.5. The van der Waals surface area contributed by atoms with Gasteiger partial charge in [0.25, 0.3) is 0 Å². The van der Waals surface area contributed by atoms with Crippen LogP contribution in [0.1, 0.15) is 17.2 Å². The molecule has 0 aromatic heterocycles. The Morgan fingerprint density at radius 3 is 2.38 bits per heavy atom. The van der Waals surface area contributed by atoms with E-state index in [1.165, 1.54) is 5.56 Å². The molecule has 0 aliphatic rings. The lowest BCUT2D eigenvalue weighted by Gasteiger charge is -2.15. The average molecular weight is 287 g/mol. The van der Waals surface area contributed by atoms with Crippen LogP contribution in [-0.2, 0) is 6.54 Å². The molecule has 112 valence electrons. The van der Waals surface area contributed by atoms with E-state index in [9.17, 15) is 5.11 Å². The minimum absolute atomic E-state index is 0.477. The third-order valence-corrected chi connectivity index (χ3v) is 3.30. The first kappa shape index (κ1) is 15.4. The number of benzene rings is 2. The molecule has 0 saturated carbocycles. The van der Waals surface area contributed by atoms with Gasteiger partial charge in [0.1, 0.15) is 0 Å². The second-order valence-electron chi connectivity index (χ2n) is 4.75. The molecule has 0 spiro atoms. The summed E-state index contributed by atoms with van der Waals surface area (Å²) in [4.78, 5) is 0. The minimum atomic E-state index is -0.589. The maximum absolute atomic E-state index is 10.2. The zero-order valence-corrected chi connectivity index (χ0v) is 12.4. The summed E-state index contributed by atoms with van der Waals surface area (Å²) < 4.78 is 10.4. The summed E-state index contributed by atoms with van der Waals surface area (Å²) in [7, 11) is 3.18. The molecule has 21 heavy (non-hydrogen) atoms. The number of nitrogens with one attached hydrogen (secondary N) is 1. The Balaban J connectivity index is 1.92. The van der Waals surface area contributed by atoms with Crippen LogP contribution >= 0.6 is 0 Å². The molecule has 2 aromatic rings. The van der Waals surface area contributed by atoms with Crippen molar-refractivity contribution in [3.8, 4) is 11.5 Å². The van der Waals surface area contributed by atoms with E-state index in [1.54, 1.807) is 26.4 Å². The standard InChI is InChI=1S/C17H21NO3/c1-20-16-9-8-14(10-17(16)21-2)15(19)12-18-11-13-6-4-3-5-7-13/h3-10,15,18-19H,11-12H2,1-2H3. The van der Waals surface area contributed by atoms with E-state index in [0.717, 1.165) is 12.1 Å². The lowest BCUT2D eigenvalue weighted by atomic mass is 10.1. The van der Waals surface area contributed by atoms with E-state index >= 15 is 0 Å². The van der Waals surface area contributed by atoms with Crippen molar-refractivity contribution in [3.63, 3.8) is 0 Å². The van der Waals surface area contributed by atoms with Crippen molar-refractivity contribution >= 4 is 0 Å². The first-order valence-electron chi connectivity index (χ1n) is 6.89. The molecule has 1 atom stereocenters. The minimum Gasteiger partial charge on any atom is -0.493 e. The summed E-state index contributed by atoms with van der Waals surface area (Å²) in [6.07, 6.45) is -0.589. The van der Waals surface area contributed by atoms with Crippen molar-refractivity contribution in [2.24, 2.45) is 0 Å². The van der Waals surface area contributed by atoms with Crippen molar-refractivity contribution in [3.05, 3.63) is 59.7 Å². The number of aliphatic hydroxyl groups is 1. The highest BCUT2D eigenvalue weighted by Crippen LogP contribution is 2.29. The van der Waals surface area contributed by atoms with E-state index in [4.69, 9.17) is 9.47 Å². The van der Waals surface area contributed by atoms with Crippen LogP contribution in [0.5, 0.6) is 11.5 Å². The molecular formula is C17H21NO3. The average Bonchev–Trinajstić information content (AvgIpc) is 2.55. The van der Waals surface area contributed by atoms with Gasteiger partial charge in [-0.25, -0.2) is 0 Å². The van der Waals surface area contributed by atoms with Crippen LogP contribution < -0.4 is 14.8 Å². The van der Waals surface area contributed by atoms with Crippen LogP contribution in [0.3, 0.4) is 0 Å². The van der Waals surface area contributed by atoms with Gasteiger partial charge in [-0.2, -0.15) is 0 Å². The number of methoxy groups -OCH3 is 2. The predicted molar refractivity (Wildman–Crippen MR) is 82.7 cm³/mol. The van der Waals surface area contributed by atoms with Crippen LogP contribution in [-0.4, -0.2) is 25.9 Å². The first-order valence-corrected chi connectivity index (χ1v) is 6.89. The van der Waals surface area contributed by atoms with E-state index in [1.807, 2.05) is 24.3 Å². The smallest absolute Gasteiger partial charge is 0.161 e. The zero-order chi connectivity index (χ0) is 15.1. The largest absolute Gasteiger partial charge is 0.493 e. The third-order valence-electron chi connectivity index (χ3n) is 3.30. The Morgan fingerprint density at radius 2 is 1.71 bits per heavy atom. The predicted octanol–water partition coefficient (Wildman–Crippen LogP) is 2.53. The Hall–Kier alpha value is -2.04. The molecule has 4 nitrogen and oxygen atoms in total. The van der Waals surface area contributed by atoms with Gasteiger partial charge in [0.05, 0.1) is 20.3 Å². The van der Waals surface area contributed by atoms with Crippen LogP contribution in [0.25, 0.3) is 0 Å². The maximum atomic E-state index is 10.2. The Morgan fingerprint density at radius 1 is 1.00 bits per heavy atom. The lowest BCUT2D eigenvalue weighted by Crippen LogP contribution is -2.21. The van der Waals surface area contributed by atoms with Crippen molar-refractivity contribution < 1.29 is 14.6 Å². The quantitative estimate of drug-likeness (QED) is 0.821. The molecule has 0 saturated heterocycles. The van der Waals surface area contributed by atoms with Gasteiger partial charge in [0.15, 0.2) is 11.5 Å². The van der Waals surface area contributed by atoms with Crippen molar-refractivity contribution in [1.82, 2.24) is 5.32 Å². The van der Waals surface area contributed by atoms with Crippen molar-refractivity contribution in [2.75, 3.05) is 20.8 Å². The van der Waals surface area contributed by atoms with E-state index in [-0.39, 0.29) is 0 Å². The number of hydrogen-bond donors (Lipinski definition) is 2. The second-order valence-corrected chi connectivity index (χ2v) is 4.75. The topological polar surface area (TPSA) is 50.7 Å². The highest BCUT2D eigenvalue weighted by atomic mass is 16.5. The van der Waals surface area contributed by atoms with Gasteiger partial charge in [-0.1, -0.05) is 36.4 Å². The Bertz CT molecular complexity index is 557. The molecule has 0 radical (unpaired) electrons. The second kappa shape index (κ2) is 7.67. The molecule has 0 fully saturated rings. The molecular weight excluding hydrogens is 266 g/mol. The van der Waals surface area contributed by atoms with Crippen molar-refractivity contribution in [2.45, 2.75) is 12.6 Å². The molecule has 0 aliphatic heterocycles. The number of aliphatic hydroxyl groups excluding tert-OH is 1. The summed E-state index contributed by atoms with van der Waals surface area (Å²) >= 11 is 0. The van der Waals surface area contributed by atoms with Crippen LogP contribution in [0.15, 0.2) is 48.5 Å². The van der Waals surface area contributed by atoms with Gasteiger partial charge in [-0.15, -0.1) is 0 Å². The Kier molecular flexibility index (Phi) is 5.60. The lowest BCUT2D eigenvalue weighted by molar-refractivity contribution is 0.174. The van der Waals surface area contributed by atoms with E-state index in [2.05, 4.69) is 17.4 Å². The normalized spacial score (nSPS) is 12.0. The fraction of sp³-hybridized carbons (Fsp3) is 0.294. The molecule has 0 bridgehead atoms. The molecule has 2 rings (SSSR count). The fourth-order valence-corrected chi connectivity index (χ4v) is 2.13. The summed E-state index contributed by atoms with van der Waals surface area (Å²) in [6.45, 7) is 1.20. The van der Waals surface area contributed by atoms with Gasteiger partial charge in [0, 0.05) is 13.1 Å². The highest BCUT2D eigenvalue weighted by molar-refractivity contribution is 5.43. The van der Waals surface area contributed by atoms with Gasteiger partial charge < -0.3 is 19.9 Å². The fourth-order valence-electron chi connectivity index (χ4n) is 2.13. The molecule has 0 aliphatic carbocycles. The third kappa shape index (κ3) is 4.21. The molecule has 0 heterocycles. The highest BCUT2D eigenvalue weighted by Gasteiger charge is 2.11. The number of hydrogen-bond acceptors (Lipinski definition) is 4. The van der Waals surface area contributed by atoms with Gasteiger partial charge in [-0.3, -0.25) is 0 Å². The Labute approximate surface area is 125 Å². The van der Waals surface area contributed by atoms with Crippen LogP contribution in [0.4, 0.5) is 0 Å². The summed E-state index contributed by atoms with van der Waals surface area (Å²) in [5.41, 5.74) is 1.99. The molecule has 2 aromatic carbocycles. The van der Waals surface area contributed by atoms with Gasteiger partial charge in [0.2, 0.25) is 0 Å². The SMILES string of the molecule is COc1ccc(C(O)CNCc2ccccc2)cc1OC. The van der Waals surface area contributed by atoms with E-state index < -0.39 is 6.10 Å². The van der Waals surface area contributed by atoms with E-state index in [0.29, 0.717) is 18.0 Å². The first-order chi connectivity index (χ1) is 10.2. The summed E-state index contributed by atoms with van der Waals surface area (Å²) in [5.74, 6) is 1.28. The molecule has 0 amide bonds. The summed E-state index contributed by atoms with van der Waals surface area (Å²) in [6, 6.07) is 15.5. The van der Waals surface area contributed by atoms with Gasteiger partial charge in [-0.05, 0) is 23.3 Å². The maximum Gasteiger partial charge on any atom is 0.161 e. The molecule has 2 N–H and O–H groups in total. The van der Waals surface area contributed by atoms with Crippen molar-refractivity contribution in [1.29, 1.82) is 0 Å². The molecule has 4 heteroatoms. The van der Waals surface area contributed by atoms with Crippen LogP contribution in [0.2, 0.25) is 0 Å². The number of ether oxygens (including phenoxy) is 2. The van der Waals surface area contributed by atoms with Gasteiger partial charge >= 0.3 is 0 Å².